The number of phenols is 1. The van der Waals surface area contributed by atoms with Crippen LogP contribution in [0.2, 0.25) is 0 Å². The number of nitrogens with one attached hydrogen (secondary N) is 2. The van der Waals surface area contributed by atoms with Crippen molar-refractivity contribution in [2.24, 2.45) is 0 Å². The molecule has 9 heteroatoms. The van der Waals surface area contributed by atoms with Crippen LogP contribution in [0.25, 0.3) is 28.4 Å². The quantitative estimate of drug-likeness (QED) is 0.317. The molecule has 4 aromatic rings. The summed E-state index contributed by atoms with van der Waals surface area (Å²) in [5.41, 5.74) is 1.36. The monoisotopic (exact) mass is 454 g/mol. The van der Waals surface area contributed by atoms with E-state index in [0.717, 1.165) is 0 Å². The second kappa shape index (κ2) is 8.67. The number of anilines is 1. The zero-order valence-electron chi connectivity index (χ0n) is 18.8. The van der Waals surface area contributed by atoms with Gasteiger partial charge in [0, 0.05) is 16.8 Å². The largest absolute Gasteiger partial charge is 0.507 e. The van der Waals surface area contributed by atoms with Gasteiger partial charge >= 0.3 is 0 Å². The molecule has 0 saturated heterocycles. The molecular weight excluding hydrogens is 432 g/mol. The van der Waals surface area contributed by atoms with Crippen LogP contribution in [0.5, 0.6) is 5.75 Å². The fourth-order valence-corrected chi connectivity index (χ4v) is 3.49. The molecule has 2 aromatic carbocycles. The Morgan fingerprint density at radius 3 is 2.68 bits per heavy atom. The number of aromatic hydroxyl groups is 1. The maximum Gasteiger partial charge on any atom is 0.266 e. The Morgan fingerprint density at radius 1 is 1.21 bits per heavy atom. The molecule has 0 unspecified atom stereocenters. The molecule has 0 aliphatic rings. The predicted molar refractivity (Wildman–Crippen MR) is 129 cm³/mol. The Balaban J connectivity index is 1.72. The summed E-state index contributed by atoms with van der Waals surface area (Å²) in [5, 5.41) is 27.1. The molecule has 0 bridgehead atoms. The molecular formula is C25H22N6O3. The van der Waals surface area contributed by atoms with Crippen molar-refractivity contribution in [3.05, 3.63) is 76.3 Å². The minimum Gasteiger partial charge on any atom is -0.507 e. The first-order valence-electron chi connectivity index (χ1n) is 10.5. The van der Waals surface area contributed by atoms with Crippen molar-refractivity contribution in [3.63, 3.8) is 0 Å². The molecule has 1 amide bonds. The van der Waals surface area contributed by atoms with Crippen LogP contribution in [0, 0.1) is 11.3 Å². The summed E-state index contributed by atoms with van der Waals surface area (Å²) in [6.07, 6.45) is 2.66. The third kappa shape index (κ3) is 4.29. The van der Waals surface area contributed by atoms with Crippen LogP contribution in [0.3, 0.4) is 0 Å². The number of hydrogen-bond acceptors (Lipinski definition) is 6. The number of para-hydroxylation sites is 1. The number of aromatic amines is 1. The molecule has 4 rings (SSSR count). The van der Waals surface area contributed by atoms with Gasteiger partial charge in [0.1, 0.15) is 28.5 Å². The second-order valence-electron chi connectivity index (χ2n) is 8.63. The molecule has 9 nitrogen and oxygen atoms in total. The van der Waals surface area contributed by atoms with Crippen LogP contribution < -0.4 is 10.9 Å². The molecule has 2 heterocycles. The zero-order chi connectivity index (χ0) is 24.5. The lowest BCUT2D eigenvalue weighted by Gasteiger charge is -2.19. The smallest absolute Gasteiger partial charge is 0.266 e. The van der Waals surface area contributed by atoms with Crippen LogP contribution in [0.4, 0.5) is 5.69 Å². The van der Waals surface area contributed by atoms with Gasteiger partial charge in [0.15, 0.2) is 5.65 Å². The van der Waals surface area contributed by atoms with Crippen molar-refractivity contribution in [2.75, 3.05) is 5.32 Å². The fraction of sp³-hybridized carbons (Fsp3) is 0.160. The minimum absolute atomic E-state index is 0.0369. The average molecular weight is 454 g/mol. The van der Waals surface area contributed by atoms with E-state index in [4.69, 9.17) is 0 Å². The Bertz CT molecular complexity index is 1530. The number of carbonyl (C=O) groups is 1. The van der Waals surface area contributed by atoms with E-state index in [1.165, 1.54) is 18.5 Å². The van der Waals surface area contributed by atoms with Gasteiger partial charge in [-0.3, -0.25) is 9.59 Å². The topological polar surface area (TPSA) is 137 Å². The second-order valence-corrected chi connectivity index (χ2v) is 8.63. The molecule has 0 aliphatic carbocycles. The Morgan fingerprint density at radius 2 is 1.97 bits per heavy atom. The van der Waals surface area contributed by atoms with Crippen molar-refractivity contribution < 1.29 is 9.90 Å². The highest BCUT2D eigenvalue weighted by Gasteiger charge is 2.24. The van der Waals surface area contributed by atoms with E-state index in [1.54, 1.807) is 47.1 Å². The molecule has 0 aliphatic heterocycles. The van der Waals surface area contributed by atoms with Crippen molar-refractivity contribution in [2.45, 2.75) is 26.3 Å². The van der Waals surface area contributed by atoms with Gasteiger partial charge in [0.05, 0.1) is 11.9 Å². The van der Waals surface area contributed by atoms with E-state index in [1.807, 2.05) is 26.8 Å². The van der Waals surface area contributed by atoms with Gasteiger partial charge < -0.3 is 15.4 Å². The highest BCUT2D eigenvalue weighted by Crippen LogP contribution is 2.29. The van der Waals surface area contributed by atoms with E-state index in [-0.39, 0.29) is 16.9 Å². The zero-order valence-corrected chi connectivity index (χ0v) is 18.8. The number of fused-ring (bicyclic) bond motifs is 1. The van der Waals surface area contributed by atoms with Crippen LogP contribution >= 0.6 is 0 Å². The van der Waals surface area contributed by atoms with Crippen LogP contribution in [0.15, 0.2) is 65.2 Å². The Hall–Kier alpha value is -4.71. The lowest BCUT2D eigenvalue weighted by Crippen LogP contribution is -2.23. The molecule has 0 atom stereocenters. The van der Waals surface area contributed by atoms with Gasteiger partial charge in [-0.25, -0.2) is 9.67 Å². The molecule has 0 spiro atoms. The molecule has 2 aromatic heterocycles. The van der Waals surface area contributed by atoms with Gasteiger partial charge in [-0.1, -0.05) is 30.3 Å². The number of nitrogens with zero attached hydrogens (tertiary/aromatic N) is 4. The third-order valence-corrected chi connectivity index (χ3v) is 5.10. The SMILES string of the molecule is CC(C)(C)n1nc(-c2cccc(NC(=O)/C(C#N)=C/c3ccccc3O)c2)c2c(=O)[nH]cnc21. The summed E-state index contributed by atoms with van der Waals surface area (Å²) < 4.78 is 1.70. The summed E-state index contributed by atoms with van der Waals surface area (Å²) in [4.78, 5) is 32.3. The summed E-state index contributed by atoms with van der Waals surface area (Å²) in [6.45, 7) is 5.88. The van der Waals surface area contributed by atoms with Gasteiger partial charge in [0.2, 0.25) is 0 Å². The number of nitriles is 1. The van der Waals surface area contributed by atoms with Gasteiger partial charge in [-0.05, 0) is 45.0 Å². The van der Waals surface area contributed by atoms with Crippen LogP contribution in [-0.4, -0.2) is 30.8 Å². The summed E-state index contributed by atoms with van der Waals surface area (Å²) in [7, 11) is 0. The lowest BCUT2D eigenvalue weighted by molar-refractivity contribution is -0.112. The molecule has 0 radical (unpaired) electrons. The standard InChI is InChI=1S/C25H22N6O3/c1-25(2,3)31-22-20(24(34)28-14-27-22)21(30-31)16-8-6-9-18(12-16)29-23(33)17(13-26)11-15-7-4-5-10-19(15)32/h4-12,14,32H,1-3H3,(H,29,33)(H,27,28,34)/b17-11+. The van der Waals surface area contributed by atoms with Gasteiger partial charge in [-0.2, -0.15) is 10.4 Å². The number of aromatic nitrogens is 4. The first-order chi connectivity index (χ1) is 16.2. The number of H-pyrrole nitrogens is 1. The Kier molecular flexibility index (Phi) is 5.73. The van der Waals surface area contributed by atoms with Gasteiger partial charge in [-0.15, -0.1) is 0 Å². The van der Waals surface area contributed by atoms with Crippen molar-refractivity contribution in [1.82, 2.24) is 19.7 Å². The molecule has 0 saturated carbocycles. The van der Waals surface area contributed by atoms with E-state index in [9.17, 15) is 20.0 Å². The fourth-order valence-electron chi connectivity index (χ4n) is 3.49. The van der Waals surface area contributed by atoms with Crippen molar-refractivity contribution in [3.8, 4) is 23.1 Å². The predicted octanol–water partition coefficient (Wildman–Crippen LogP) is 3.79. The molecule has 170 valence electrons. The summed E-state index contributed by atoms with van der Waals surface area (Å²) in [5.74, 6) is -0.669. The number of carbonyl (C=O) groups excluding carboxylic acids is 1. The normalized spacial score (nSPS) is 11.9. The number of phenolic OH excluding ortho intramolecular Hbond substituents is 1. The third-order valence-electron chi connectivity index (χ3n) is 5.10. The highest BCUT2D eigenvalue weighted by molar-refractivity contribution is 6.10. The van der Waals surface area contributed by atoms with Crippen LogP contribution in [-0.2, 0) is 10.3 Å². The maximum atomic E-state index is 12.7. The maximum absolute atomic E-state index is 12.7. The van der Waals surface area contributed by atoms with E-state index >= 15 is 0 Å². The lowest BCUT2D eigenvalue weighted by atomic mass is 10.1. The molecule has 34 heavy (non-hydrogen) atoms. The minimum atomic E-state index is -0.632. The van der Waals surface area contributed by atoms with E-state index < -0.39 is 11.4 Å². The van der Waals surface area contributed by atoms with E-state index in [0.29, 0.717) is 33.5 Å². The van der Waals surface area contributed by atoms with Gasteiger partial charge in [0.25, 0.3) is 11.5 Å². The average Bonchev–Trinajstić information content (AvgIpc) is 3.20. The number of hydrogen-bond donors (Lipinski definition) is 3. The number of rotatable bonds is 4. The van der Waals surface area contributed by atoms with Crippen molar-refractivity contribution in [1.29, 1.82) is 5.26 Å². The van der Waals surface area contributed by atoms with Crippen LogP contribution in [0.1, 0.15) is 26.3 Å². The first kappa shape index (κ1) is 22.5. The van der Waals surface area contributed by atoms with E-state index in [2.05, 4.69) is 20.4 Å². The molecule has 3 N–H and O–H groups in total. The number of amides is 1. The Labute approximate surface area is 195 Å². The first-order valence-corrected chi connectivity index (χ1v) is 10.5. The number of benzene rings is 2. The highest BCUT2D eigenvalue weighted by atomic mass is 16.3. The molecule has 0 fully saturated rings. The van der Waals surface area contributed by atoms with Crippen molar-refractivity contribution >= 4 is 28.7 Å². The summed E-state index contributed by atoms with van der Waals surface area (Å²) >= 11 is 0. The summed E-state index contributed by atoms with van der Waals surface area (Å²) in [6, 6.07) is 15.1.